The van der Waals surface area contributed by atoms with Crippen LogP contribution in [-0.4, -0.2) is 19.1 Å². The van der Waals surface area contributed by atoms with E-state index in [1.165, 1.54) is 0 Å². The molecule has 0 aromatic carbocycles. The lowest BCUT2D eigenvalue weighted by Gasteiger charge is -2.37. The Bertz CT molecular complexity index is 131. The summed E-state index contributed by atoms with van der Waals surface area (Å²) in [5, 5.41) is 8.33. The molecule has 1 heterocycles. The maximum atomic E-state index is 8.33. The molecule has 9 heavy (non-hydrogen) atoms. The van der Waals surface area contributed by atoms with Gasteiger partial charge in [0.2, 0.25) is 0 Å². The van der Waals surface area contributed by atoms with Crippen molar-refractivity contribution in [2.45, 2.75) is 6.42 Å². The van der Waals surface area contributed by atoms with Gasteiger partial charge < -0.3 is 4.74 Å². The molecular formula is C6H8ClNO. The van der Waals surface area contributed by atoms with Crippen molar-refractivity contribution < 1.29 is 4.74 Å². The van der Waals surface area contributed by atoms with Crippen LogP contribution in [0.1, 0.15) is 6.42 Å². The molecule has 1 rings (SSSR count). The zero-order chi connectivity index (χ0) is 6.74. The predicted octanol–water partition coefficient (Wildman–Crippen LogP) is 1.16. The van der Waals surface area contributed by atoms with Crippen LogP contribution in [0.2, 0.25) is 0 Å². The Morgan fingerprint density at radius 1 is 1.67 bits per heavy atom. The lowest BCUT2D eigenvalue weighted by atomic mass is 9.85. The molecule has 2 nitrogen and oxygen atoms in total. The lowest BCUT2D eigenvalue weighted by molar-refractivity contribution is -0.0955. The number of alkyl halides is 1. The summed E-state index contributed by atoms with van der Waals surface area (Å²) in [6.07, 6.45) is 0.524. The average molecular weight is 146 g/mol. The number of hydrogen-bond donors (Lipinski definition) is 0. The second-order valence-electron chi connectivity index (χ2n) is 2.46. The molecule has 0 aliphatic carbocycles. The fourth-order valence-electron chi connectivity index (χ4n) is 0.785. The number of hydrogen-bond acceptors (Lipinski definition) is 2. The molecule has 0 bridgehead atoms. The molecule has 1 saturated heterocycles. The first-order chi connectivity index (χ1) is 4.33. The lowest BCUT2D eigenvalue weighted by Crippen LogP contribution is -2.43. The largest absolute Gasteiger partial charge is 0.380 e. The van der Waals surface area contributed by atoms with Gasteiger partial charge in [0, 0.05) is 17.7 Å². The average Bonchev–Trinajstić information content (AvgIpc) is 1.79. The Hall–Kier alpha value is -0.260. The number of rotatable bonds is 2. The van der Waals surface area contributed by atoms with Crippen molar-refractivity contribution in [3.8, 4) is 6.07 Å². The van der Waals surface area contributed by atoms with E-state index in [-0.39, 0.29) is 5.41 Å². The smallest absolute Gasteiger partial charge is 0.0629 e. The highest BCUT2D eigenvalue weighted by molar-refractivity contribution is 6.18. The molecule has 0 amide bonds. The highest BCUT2D eigenvalue weighted by atomic mass is 35.5. The maximum Gasteiger partial charge on any atom is 0.0629 e. The van der Waals surface area contributed by atoms with Gasteiger partial charge >= 0.3 is 0 Å². The summed E-state index contributed by atoms with van der Waals surface area (Å²) in [7, 11) is 0. The molecule has 50 valence electrons. The van der Waals surface area contributed by atoms with Gasteiger partial charge in [-0.2, -0.15) is 5.26 Å². The summed E-state index contributed by atoms with van der Waals surface area (Å²) in [6, 6.07) is 2.10. The fraction of sp³-hybridized carbons (Fsp3) is 0.833. The predicted molar refractivity (Wildman–Crippen MR) is 34.2 cm³/mol. The van der Waals surface area contributed by atoms with Gasteiger partial charge in [-0.15, -0.1) is 11.6 Å². The Labute approximate surface area is 59.4 Å². The van der Waals surface area contributed by atoms with Gasteiger partial charge in [0.25, 0.3) is 0 Å². The third-order valence-corrected chi connectivity index (χ3v) is 2.12. The molecule has 0 aromatic rings. The van der Waals surface area contributed by atoms with Crippen molar-refractivity contribution in [2.75, 3.05) is 19.1 Å². The second-order valence-corrected chi connectivity index (χ2v) is 2.73. The first-order valence-electron chi connectivity index (χ1n) is 2.84. The Morgan fingerprint density at radius 3 is 2.44 bits per heavy atom. The maximum absolute atomic E-state index is 8.33. The zero-order valence-corrected chi connectivity index (χ0v) is 5.82. The van der Waals surface area contributed by atoms with E-state index in [1.54, 1.807) is 0 Å². The minimum atomic E-state index is -0.00367. The van der Waals surface area contributed by atoms with Gasteiger partial charge in [0.05, 0.1) is 19.3 Å². The number of ether oxygens (including phenoxy) is 1. The van der Waals surface area contributed by atoms with Crippen molar-refractivity contribution in [1.82, 2.24) is 0 Å². The van der Waals surface area contributed by atoms with Gasteiger partial charge in [-0.05, 0) is 0 Å². The van der Waals surface area contributed by atoms with Crippen molar-refractivity contribution in [3.05, 3.63) is 0 Å². The summed E-state index contributed by atoms with van der Waals surface area (Å²) in [4.78, 5) is 0. The first kappa shape index (κ1) is 6.85. The summed E-state index contributed by atoms with van der Waals surface area (Å²) in [5.74, 6) is 0.542. The molecule has 0 saturated carbocycles. The molecule has 1 fully saturated rings. The van der Waals surface area contributed by atoms with Gasteiger partial charge in [-0.3, -0.25) is 0 Å². The van der Waals surface area contributed by atoms with Crippen molar-refractivity contribution >= 4 is 11.6 Å². The van der Waals surface area contributed by atoms with Crippen LogP contribution >= 0.6 is 11.6 Å². The third-order valence-electron chi connectivity index (χ3n) is 1.55. The van der Waals surface area contributed by atoms with Gasteiger partial charge in [-0.25, -0.2) is 0 Å². The molecule has 1 aliphatic rings. The van der Waals surface area contributed by atoms with E-state index in [0.717, 1.165) is 0 Å². The van der Waals surface area contributed by atoms with Crippen LogP contribution in [0.5, 0.6) is 0 Å². The van der Waals surface area contributed by atoms with E-state index in [1.807, 2.05) is 0 Å². The highest BCUT2D eigenvalue weighted by Gasteiger charge is 2.37. The van der Waals surface area contributed by atoms with Gasteiger partial charge in [0.1, 0.15) is 0 Å². The van der Waals surface area contributed by atoms with Crippen LogP contribution < -0.4 is 0 Å². The zero-order valence-electron chi connectivity index (χ0n) is 5.06. The molecule has 3 heteroatoms. The van der Waals surface area contributed by atoms with Crippen LogP contribution in [0.15, 0.2) is 0 Å². The topological polar surface area (TPSA) is 33.0 Å². The summed E-state index contributed by atoms with van der Waals surface area (Å²) in [5.41, 5.74) is -0.00367. The van der Waals surface area contributed by atoms with Crippen molar-refractivity contribution in [2.24, 2.45) is 5.41 Å². The monoisotopic (exact) mass is 145 g/mol. The van der Waals surface area contributed by atoms with Crippen LogP contribution in [-0.2, 0) is 4.74 Å². The standard InChI is InChI=1S/C6H8ClNO/c7-3-6(1-2-8)4-9-5-6/h1,3-5H2. The van der Waals surface area contributed by atoms with Gasteiger partial charge in [0.15, 0.2) is 0 Å². The molecule has 0 atom stereocenters. The Balaban J connectivity index is 2.39. The SMILES string of the molecule is N#CCC1(CCl)COC1. The van der Waals surface area contributed by atoms with Gasteiger partial charge in [-0.1, -0.05) is 0 Å². The van der Waals surface area contributed by atoms with Crippen LogP contribution in [0.3, 0.4) is 0 Å². The third kappa shape index (κ3) is 1.17. The quantitative estimate of drug-likeness (QED) is 0.547. The van der Waals surface area contributed by atoms with E-state index in [4.69, 9.17) is 21.6 Å². The summed E-state index contributed by atoms with van der Waals surface area (Å²) in [6.45, 7) is 1.31. The molecular weight excluding hydrogens is 138 g/mol. The number of halogens is 1. The Kier molecular flexibility index (Phi) is 1.94. The van der Waals surface area contributed by atoms with E-state index >= 15 is 0 Å². The van der Waals surface area contributed by atoms with Crippen LogP contribution in [0.25, 0.3) is 0 Å². The van der Waals surface area contributed by atoms with Crippen molar-refractivity contribution in [3.63, 3.8) is 0 Å². The number of nitrogens with zero attached hydrogens (tertiary/aromatic N) is 1. The highest BCUT2D eigenvalue weighted by Crippen LogP contribution is 2.31. The molecule has 1 aliphatic heterocycles. The summed E-state index contributed by atoms with van der Waals surface area (Å²) < 4.78 is 4.95. The van der Waals surface area contributed by atoms with E-state index in [9.17, 15) is 0 Å². The van der Waals surface area contributed by atoms with E-state index < -0.39 is 0 Å². The fourth-order valence-corrected chi connectivity index (χ4v) is 1.03. The van der Waals surface area contributed by atoms with E-state index in [0.29, 0.717) is 25.5 Å². The minimum Gasteiger partial charge on any atom is -0.380 e. The molecule has 0 spiro atoms. The molecule has 0 radical (unpaired) electrons. The number of nitriles is 1. The normalized spacial score (nSPS) is 22.2. The van der Waals surface area contributed by atoms with Crippen LogP contribution in [0, 0.1) is 16.7 Å². The van der Waals surface area contributed by atoms with Crippen molar-refractivity contribution in [1.29, 1.82) is 5.26 Å². The molecule has 0 aromatic heterocycles. The van der Waals surface area contributed by atoms with E-state index in [2.05, 4.69) is 6.07 Å². The molecule has 0 N–H and O–H groups in total. The summed E-state index contributed by atoms with van der Waals surface area (Å²) >= 11 is 5.61. The minimum absolute atomic E-state index is 0.00367. The van der Waals surface area contributed by atoms with Crippen LogP contribution in [0.4, 0.5) is 0 Å². The second kappa shape index (κ2) is 2.55. The molecule has 0 unspecified atom stereocenters. The Morgan fingerprint density at radius 2 is 2.33 bits per heavy atom. The first-order valence-corrected chi connectivity index (χ1v) is 3.37.